The Balaban J connectivity index is 3.26. The van der Waals surface area contributed by atoms with E-state index in [0.717, 1.165) is 19.3 Å². The van der Waals surface area contributed by atoms with Crippen LogP contribution in [0.1, 0.15) is 65.7 Å². The van der Waals surface area contributed by atoms with Crippen molar-refractivity contribution in [1.29, 1.82) is 0 Å². The average molecular weight is 214 g/mol. The monoisotopic (exact) mass is 214 g/mol. The molecule has 2 heteroatoms. The minimum atomic E-state index is -0.0215. The molecule has 0 fully saturated rings. The van der Waals surface area contributed by atoms with Crippen molar-refractivity contribution in [3.05, 3.63) is 0 Å². The van der Waals surface area contributed by atoms with Crippen LogP contribution in [0.5, 0.6) is 0 Å². The Bertz CT molecular complexity index is 155. The Labute approximate surface area is 94.4 Å². The maximum absolute atomic E-state index is 11.3. The standard InChI is InChI=1S/C13H26O2/c1-4-6-7-8-9-10-13(14)15-11-12(3)5-2/h12H,4-11H2,1-3H3/t12-/m0/s1. The van der Waals surface area contributed by atoms with Gasteiger partial charge in [-0.15, -0.1) is 0 Å². The summed E-state index contributed by atoms with van der Waals surface area (Å²) in [6.07, 6.45) is 7.59. The van der Waals surface area contributed by atoms with Crippen molar-refractivity contribution in [3.63, 3.8) is 0 Å². The Morgan fingerprint density at radius 1 is 1.13 bits per heavy atom. The molecule has 0 bridgehead atoms. The van der Waals surface area contributed by atoms with Gasteiger partial charge in [0.1, 0.15) is 0 Å². The number of carbonyl (C=O) groups excluding carboxylic acids is 1. The van der Waals surface area contributed by atoms with Gasteiger partial charge in [-0.3, -0.25) is 4.79 Å². The highest BCUT2D eigenvalue weighted by molar-refractivity contribution is 5.69. The van der Waals surface area contributed by atoms with Gasteiger partial charge in [-0.1, -0.05) is 52.9 Å². The first-order chi connectivity index (χ1) is 7.20. The highest BCUT2D eigenvalue weighted by atomic mass is 16.5. The van der Waals surface area contributed by atoms with Gasteiger partial charge >= 0.3 is 5.97 Å². The van der Waals surface area contributed by atoms with Crippen molar-refractivity contribution in [3.8, 4) is 0 Å². The first-order valence-corrected chi connectivity index (χ1v) is 6.36. The second-order valence-corrected chi connectivity index (χ2v) is 4.36. The van der Waals surface area contributed by atoms with Crippen LogP contribution in [-0.4, -0.2) is 12.6 Å². The number of ether oxygens (including phenoxy) is 1. The zero-order valence-electron chi connectivity index (χ0n) is 10.6. The Morgan fingerprint density at radius 2 is 1.80 bits per heavy atom. The van der Waals surface area contributed by atoms with E-state index >= 15 is 0 Å². The van der Waals surface area contributed by atoms with Crippen molar-refractivity contribution in [2.45, 2.75) is 65.7 Å². The summed E-state index contributed by atoms with van der Waals surface area (Å²) in [6.45, 7) is 7.00. The van der Waals surface area contributed by atoms with E-state index in [1.165, 1.54) is 19.3 Å². The maximum atomic E-state index is 11.3. The molecule has 0 aliphatic rings. The molecule has 0 saturated carbocycles. The number of hydrogen-bond donors (Lipinski definition) is 0. The number of carbonyl (C=O) groups is 1. The summed E-state index contributed by atoms with van der Waals surface area (Å²) in [6, 6.07) is 0. The summed E-state index contributed by atoms with van der Waals surface area (Å²) >= 11 is 0. The normalized spacial score (nSPS) is 12.5. The average Bonchev–Trinajstić information content (AvgIpc) is 2.25. The minimum absolute atomic E-state index is 0.0215. The zero-order valence-corrected chi connectivity index (χ0v) is 10.6. The zero-order chi connectivity index (χ0) is 11.5. The van der Waals surface area contributed by atoms with Crippen LogP contribution < -0.4 is 0 Å². The van der Waals surface area contributed by atoms with Crippen molar-refractivity contribution < 1.29 is 9.53 Å². The smallest absolute Gasteiger partial charge is 0.305 e. The van der Waals surface area contributed by atoms with E-state index in [1.54, 1.807) is 0 Å². The lowest BCUT2D eigenvalue weighted by atomic mass is 10.1. The summed E-state index contributed by atoms with van der Waals surface area (Å²) in [7, 11) is 0. The fraction of sp³-hybridized carbons (Fsp3) is 0.923. The second-order valence-electron chi connectivity index (χ2n) is 4.36. The van der Waals surface area contributed by atoms with Crippen molar-refractivity contribution in [2.75, 3.05) is 6.61 Å². The van der Waals surface area contributed by atoms with E-state index in [-0.39, 0.29) is 5.97 Å². The first kappa shape index (κ1) is 14.5. The molecule has 1 atom stereocenters. The van der Waals surface area contributed by atoms with Crippen LogP contribution in [0.15, 0.2) is 0 Å². The molecule has 0 radical (unpaired) electrons. The van der Waals surface area contributed by atoms with E-state index in [2.05, 4.69) is 20.8 Å². The highest BCUT2D eigenvalue weighted by Crippen LogP contribution is 2.07. The van der Waals surface area contributed by atoms with Crippen LogP contribution in [-0.2, 0) is 9.53 Å². The van der Waals surface area contributed by atoms with Gasteiger partial charge in [0.15, 0.2) is 0 Å². The van der Waals surface area contributed by atoms with E-state index < -0.39 is 0 Å². The lowest BCUT2D eigenvalue weighted by Gasteiger charge is -2.09. The molecule has 0 unspecified atom stereocenters. The predicted octanol–water partition coefficient (Wildman–Crippen LogP) is 3.94. The number of rotatable bonds is 9. The Morgan fingerprint density at radius 3 is 2.40 bits per heavy atom. The third-order valence-electron chi connectivity index (χ3n) is 2.71. The molecule has 15 heavy (non-hydrogen) atoms. The lowest BCUT2D eigenvalue weighted by molar-refractivity contribution is -0.145. The van der Waals surface area contributed by atoms with Gasteiger partial charge in [0.2, 0.25) is 0 Å². The van der Waals surface area contributed by atoms with Gasteiger partial charge in [0, 0.05) is 6.42 Å². The molecule has 0 rings (SSSR count). The molecule has 0 amide bonds. The van der Waals surface area contributed by atoms with Gasteiger partial charge in [0.25, 0.3) is 0 Å². The summed E-state index contributed by atoms with van der Waals surface area (Å²) in [5.41, 5.74) is 0. The summed E-state index contributed by atoms with van der Waals surface area (Å²) < 4.78 is 5.16. The van der Waals surface area contributed by atoms with Crippen LogP contribution in [0.25, 0.3) is 0 Å². The molecule has 0 aromatic rings. The van der Waals surface area contributed by atoms with Gasteiger partial charge in [-0.25, -0.2) is 0 Å². The second kappa shape index (κ2) is 10.0. The molecule has 90 valence electrons. The molecule has 0 heterocycles. The fourth-order valence-corrected chi connectivity index (χ4v) is 1.30. The molecule has 2 nitrogen and oxygen atoms in total. The van der Waals surface area contributed by atoms with Crippen LogP contribution in [0, 0.1) is 5.92 Å². The number of esters is 1. The summed E-state index contributed by atoms with van der Waals surface area (Å²) in [5.74, 6) is 0.473. The third-order valence-corrected chi connectivity index (χ3v) is 2.71. The van der Waals surface area contributed by atoms with E-state index in [0.29, 0.717) is 18.9 Å². The van der Waals surface area contributed by atoms with Crippen molar-refractivity contribution in [1.82, 2.24) is 0 Å². The van der Waals surface area contributed by atoms with Gasteiger partial charge in [-0.05, 0) is 12.3 Å². The van der Waals surface area contributed by atoms with Crippen LogP contribution in [0.3, 0.4) is 0 Å². The van der Waals surface area contributed by atoms with Gasteiger partial charge < -0.3 is 4.74 Å². The van der Waals surface area contributed by atoms with Crippen LogP contribution in [0.4, 0.5) is 0 Å². The topological polar surface area (TPSA) is 26.3 Å². The van der Waals surface area contributed by atoms with E-state index in [1.807, 2.05) is 0 Å². The lowest BCUT2D eigenvalue weighted by Crippen LogP contribution is -2.11. The minimum Gasteiger partial charge on any atom is -0.465 e. The summed E-state index contributed by atoms with van der Waals surface area (Å²) in [5, 5.41) is 0. The van der Waals surface area contributed by atoms with Crippen molar-refractivity contribution in [2.24, 2.45) is 5.92 Å². The van der Waals surface area contributed by atoms with E-state index in [4.69, 9.17) is 4.74 Å². The largest absolute Gasteiger partial charge is 0.465 e. The Kier molecular flexibility index (Phi) is 9.65. The highest BCUT2D eigenvalue weighted by Gasteiger charge is 2.05. The molecule has 0 aliphatic heterocycles. The Hall–Kier alpha value is -0.530. The maximum Gasteiger partial charge on any atom is 0.305 e. The van der Waals surface area contributed by atoms with Gasteiger partial charge in [0.05, 0.1) is 6.61 Å². The third kappa shape index (κ3) is 9.77. The quantitative estimate of drug-likeness (QED) is 0.429. The van der Waals surface area contributed by atoms with Crippen LogP contribution >= 0.6 is 0 Å². The summed E-state index contributed by atoms with van der Waals surface area (Å²) in [4.78, 5) is 11.3. The van der Waals surface area contributed by atoms with Gasteiger partial charge in [-0.2, -0.15) is 0 Å². The predicted molar refractivity (Wildman–Crippen MR) is 63.8 cm³/mol. The molecule has 0 aromatic carbocycles. The molecular formula is C13H26O2. The molecule has 0 N–H and O–H groups in total. The molecular weight excluding hydrogens is 188 g/mol. The fourth-order valence-electron chi connectivity index (χ4n) is 1.30. The SMILES string of the molecule is CCCCCCCC(=O)OC[C@@H](C)CC. The first-order valence-electron chi connectivity index (χ1n) is 6.36. The molecule has 0 aromatic heterocycles. The van der Waals surface area contributed by atoms with Crippen molar-refractivity contribution >= 4 is 5.97 Å². The van der Waals surface area contributed by atoms with E-state index in [9.17, 15) is 4.79 Å². The molecule has 0 saturated heterocycles. The molecule has 0 aliphatic carbocycles. The number of hydrogen-bond acceptors (Lipinski definition) is 2. The van der Waals surface area contributed by atoms with Crippen LogP contribution in [0.2, 0.25) is 0 Å². The molecule has 0 spiro atoms. The number of unbranched alkanes of at least 4 members (excludes halogenated alkanes) is 4.